The lowest BCUT2D eigenvalue weighted by atomic mass is 9.95. The van der Waals surface area contributed by atoms with Crippen LogP contribution in [0, 0.1) is 11.7 Å². The molecule has 0 saturated carbocycles. The number of rotatable bonds is 5. The van der Waals surface area contributed by atoms with Gasteiger partial charge in [-0.25, -0.2) is 4.39 Å². The molecule has 7 nitrogen and oxygen atoms in total. The van der Waals surface area contributed by atoms with Gasteiger partial charge in [0.25, 0.3) is 0 Å². The SMILES string of the molecule is CN=C(NCc1ccc(F)c(CN(C)C)c1)N1CCC(C(=O)N2CCOCC2)CC1.I. The zero-order valence-electron chi connectivity index (χ0n) is 18.8. The lowest BCUT2D eigenvalue weighted by Crippen LogP contribution is -2.49. The molecule has 3 rings (SSSR count). The topological polar surface area (TPSA) is 60.4 Å². The third-order valence-corrected chi connectivity index (χ3v) is 5.73. The standard InChI is InChI=1S/C22H34FN5O2.HI/c1-24-22(25-15-17-4-5-20(23)19(14-17)16-26(2)3)28-8-6-18(7-9-28)21(29)27-10-12-30-13-11-27;/h4-5,14,18H,6-13,15-16H2,1-3H3,(H,24,25);1H. The minimum Gasteiger partial charge on any atom is -0.378 e. The second kappa shape index (κ2) is 12.5. The summed E-state index contributed by atoms with van der Waals surface area (Å²) in [5.74, 6) is 0.998. The van der Waals surface area contributed by atoms with Crippen LogP contribution in [0.15, 0.2) is 23.2 Å². The average molecular weight is 547 g/mol. The Morgan fingerprint density at radius 2 is 1.87 bits per heavy atom. The molecule has 174 valence electrons. The molecule has 0 atom stereocenters. The third-order valence-electron chi connectivity index (χ3n) is 5.73. The van der Waals surface area contributed by atoms with Gasteiger partial charge in [-0.15, -0.1) is 24.0 Å². The fraction of sp³-hybridized carbons (Fsp3) is 0.636. The Hall–Kier alpha value is -1.46. The second-order valence-corrected chi connectivity index (χ2v) is 8.26. The van der Waals surface area contributed by atoms with E-state index >= 15 is 0 Å². The Labute approximate surface area is 202 Å². The van der Waals surface area contributed by atoms with Gasteiger partial charge in [0.1, 0.15) is 5.82 Å². The largest absolute Gasteiger partial charge is 0.378 e. The maximum atomic E-state index is 14.0. The van der Waals surface area contributed by atoms with E-state index in [0.717, 1.165) is 37.5 Å². The second-order valence-electron chi connectivity index (χ2n) is 8.26. The van der Waals surface area contributed by atoms with Crippen LogP contribution in [0.1, 0.15) is 24.0 Å². The van der Waals surface area contributed by atoms with Crippen LogP contribution in [0.25, 0.3) is 0 Å². The number of amides is 1. The van der Waals surface area contributed by atoms with Crippen molar-refractivity contribution in [2.45, 2.75) is 25.9 Å². The number of guanidine groups is 1. The van der Waals surface area contributed by atoms with E-state index in [2.05, 4.69) is 15.2 Å². The summed E-state index contributed by atoms with van der Waals surface area (Å²) in [6.07, 6.45) is 1.67. The minimum atomic E-state index is -0.177. The zero-order valence-corrected chi connectivity index (χ0v) is 21.1. The zero-order chi connectivity index (χ0) is 21.5. The Morgan fingerprint density at radius 3 is 2.48 bits per heavy atom. The van der Waals surface area contributed by atoms with E-state index in [0.29, 0.717) is 45.0 Å². The summed E-state index contributed by atoms with van der Waals surface area (Å²) in [7, 11) is 5.63. The number of aliphatic imine (C=N–C) groups is 1. The van der Waals surface area contributed by atoms with Gasteiger partial charge in [-0.1, -0.05) is 6.07 Å². The van der Waals surface area contributed by atoms with Gasteiger partial charge in [-0.2, -0.15) is 0 Å². The first kappa shape index (κ1) is 25.8. The number of piperidine rings is 1. The van der Waals surface area contributed by atoms with Gasteiger partial charge < -0.3 is 24.8 Å². The van der Waals surface area contributed by atoms with Crippen LogP contribution in [0.3, 0.4) is 0 Å². The highest BCUT2D eigenvalue weighted by atomic mass is 127. The molecule has 1 amide bonds. The van der Waals surface area contributed by atoms with Crippen LogP contribution in [-0.4, -0.2) is 87.1 Å². The van der Waals surface area contributed by atoms with Crippen molar-refractivity contribution in [3.05, 3.63) is 35.1 Å². The van der Waals surface area contributed by atoms with Crippen molar-refractivity contribution in [2.24, 2.45) is 10.9 Å². The van der Waals surface area contributed by atoms with Crippen LogP contribution in [0.4, 0.5) is 4.39 Å². The van der Waals surface area contributed by atoms with Gasteiger partial charge in [0.15, 0.2) is 5.96 Å². The Balaban J connectivity index is 0.00000341. The molecule has 0 aliphatic carbocycles. The van der Waals surface area contributed by atoms with Crippen LogP contribution >= 0.6 is 24.0 Å². The minimum absolute atomic E-state index is 0. The number of likely N-dealkylation sites (tertiary alicyclic amines) is 1. The van der Waals surface area contributed by atoms with Crippen LogP contribution < -0.4 is 5.32 Å². The molecule has 0 aromatic heterocycles. The van der Waals surface area contributed by atoms with E-state index in [4.69, 9.17) is 4.74 Å². The van der Waals surface area contributed by atoms with Gasteiger partial charge in [0.05, 0.1) is 13.2 Å². The summed E-state index contributed by atoms with van der Waals surface area (Å²) >= 11 is 0. The fourth-order valence-corrected chi connectivity index (χ4v) is 4.09. The summed E-state index contributed by atoms with van der Waals surface area (Å²) in [5, 5.41) is 3.39. The molecule has 2 aliphatic heterocycles. The average Bonchev–Trinajstić information content (AvgIpc) is 2.76. The van der Waals surface area contributed by atoms with E-state index in [1.165, 1.54) is 6.07 Å². The van der Waals surface area contributed by atoms with Crippen molar-refractivity contribution < 1.29 is 13.9 Å². The predicted molar refractivity (Wildman–Crippen MR) is 131 cm³/mol. The smallest absolute Gasteiger partial charge is 0.225 e. The van der Waals surface area contributed by atoms with Gasteiger partial charge >= 0.3 is 0 Å². The summed E-state index contributed by atoms with van der Waals surface area (Å²) in [6.45, 7) is 5.44. The Morgan fingerprint density at radius 1 is 1.19 bits per heavy atom. The summed E-state index contributed by atoms with van der Waals surface area (Å²) < 4.78 is 19.4. The van der Waals surface area contributed by atoms with E-state index < -0.39 is 0 Å². The van der Waals surface area contributed by atoms with Gasteiger partial charge in [0.2, 0.25) is 5.91 Å². The predicted octanol–water partition coefficient (Wildman–Crippen LogP) is 2.15. The molecule has 31 heavy (non-hydrogen) atoms. The molecule has 0 radical (unpaired) electrons. The maximum absolute atomic E-state index is 14.0. The summed E-state index contributed by atoms with van der Waals surface area (Å²) in [6, 6.07) is 5.24. The summed E-state index contributed by atoms with van der Waals surface area (Å²) in [5.41, 5.74) is 1.71. The fourth-order valence-electron chi connectivity index (χ4n) is 4.09. The first-order valence-electron chi connectivity index (χ1n) is 10.7. The Bertz CT molecular complexity index is 747. The monoisotopic (exact) mass is 547 g/mol. The quantitative estimate of drug-likeness (QED) is 0.348. The van der Waals surface area contributed by atoms with E-state index in [1.807, 2.05) is 36.0 Å². The van der Waals surface area contributed by atoms with Crippen molar-refractivity contribution in [2.75, 3.05) is 60.5 Å². The highest BCUT2D eigenvalue weighted by Gasteiger charge is 2.30. The first-order valence-corrected chi connectivity index (χ1v) is 10.7. The molecular formula is C22H35FIN5O2. The number of hydrogen-bond acceptors (Lipinski definition) is 4. The van der Waals surface area contributed by atoms with E-state index in [9.17, 15) is 9.18 Å². The van der Waals surface area contributed by atoms with Crippen molar-refractivity contribution in [3.8, 4) is 0 Å². The molecule has 2 fully saturated rings. The van der Waals surface area contributed by atoms with Crippen molar-refractivity contribution in [1.29, 1.82) is 0 Å². The molecule has 1 aromatic carbocycles. The van der Waals surface area contributed by atoms with Crippen LogP contribution in [0.2, 0.25) is 0 Å². The van der Waals surface area contributed by atoms with E-state index in [-0.39, 0.29) is 41.6 Å². The number of nitrogens with zero attached hydrogens (tertiary/aromatic N) is 4. The molecule has 0 unspecified atom stereocenters. The number of morpholine rings is 1. The highest BCUT2D eigenvalue weighted by Crippen LogP contribution is 2.20. The van der Waals surface area contributed by atoms with Gasteiger partial charge in [-0.3, -0.25) is 9.79 Å². The van der Waals surface area contributed by atoms with Crippen LogP contribution in [0.5, 0.6) is 0 Å². The maximum Gasteiger partial charge on any atom is 0.225 e. The van der Waals surface area contributed by atoms with Crippen molar-refractivity contribution in [1.82, 2.24) is 20.0 Å². The number of carbonyl (C=O) groups excluding carboxylic acids is 1. The van der Waals surface area contributed by atoms with E-state index in [1.54, 1.807) is 7.05 Å². The highest BCUT2D eigenvalue weighted by molar-refractivity contribution is 14.0. The number of halogens is 2. The molecule has 1 aromatic rings. The number of carbonyl (C=O) groups is 1. The lowest BCUT2D eigenvalue weighted by Gasteiger charge is -2.36. The van der Waals surface area contributed by atoms with Crippen molar-refractivity contribution >= 4 is 35.8 Å². The van der Waals surface area contributed by atoms with Gasteiger partial charge in [-0.05, 0) is 44.6 Å². The molecular weight excluding hydrogens is 512 g/mol. The first-order chi connectivity index (χ1) is 14.5. The number of hydrogen-bond donors (Lipinski definition) is 1. The molecule has 2 saturated heterocycles. The van der Waals surface area contributed by atoms with Crippen molar-refractivity contribution in [3.63, 3.8) is 0 Å². The molecule has 2 heterocycles. The number of ether oxygens (including phenoxy) is 1. The molecule has 9 heteroatoms. The third kappa shape index (κ3) is 7.28. The molecule has 0 spiro atoms. The van der Waals surface area contributed by atoms with Crippen LogP contribution in [-0.2, 0) is 22.6 Å². The number of benzene rings is 1. The molecule has 2 aliphatic rings. The lowest BCUT2D eigenvalue weighted by molar-refractivity contribution is -0.140. The molecule has 0 bridgehead atoms. The summed E-state index contributed by atoms with van der Waals surface area (Å²) in [4.78, 5) is 23.2. The molecule has 1 N–H and O–H groups in total. The number of nitrogens with one attached hydrogen (secondary N) is 1. The van der Waals surface area contributed by atoms with Gasteiger partial charge in [0, 0.05) is 57.8 Å². The Kier molecular flexibility index (Phi) is 10.4. The normalized spacial score (nSPS) is 18.2.